The van der Waals surface area contributed by atoms with E-state index >= 15 is 0 Å². The Balaban J connectivity index is 1.91. The second kappa shape index (κ2) is 6.44. The molecule has 2 N–H and O–H groups in total. The van der Waals surface area contributed by atoms with E-state index in [9.17, 15) is 14.4 Å². The Kier molecular flexibility index (Phi) is 4.08. The molecule has 0 unspecified atom stereocenters. The van der Waals surface area contributed by atoms with Crippen LogP contribution in [-0.4, -0.2) is 19.3 Å². The SMILES string of the molecule is Cc1c2c(=O)n(-c3ccccc3Cl)[nH]c2cc(=O)n1Cc1ccc(=O)[nH]c1. The largest absolute Gasteiger partial charge is 0.329 e. The van der Waals surface area contributed by atoms with E-state index in [0.29, 0.717) is 27.3 Å². The quantitative estimate of drug-likeness (QED) is 0.568. The van der Waals surface area contributed by atoms with E-state index < -0.39 is 0 Å². The molecule has 7 nitrogen and oxygen atoms in total. The molecule has 0 aliphatic carbocycles. The van der Waals surface area contributed by atoms with Gasteiger partial charge in [0, 0.05) is 24.0 Å². The molecule has 136 valence electrons. The molecule has 3 aromatic heterocycles. The zero-order chi connectivity index (χ0) is 19.1. The predicted molar refractivity (Wildman–Crippen MR) is 104 cm³/mol. The first-order valence-corrected chi connectivity index (χ1v) is 8.61. The van der Waals surface area contributed by atoms with Gasteiger partial charge in [-0.05, 0) is 24.6 Å². The summed E-state index contributed by atoms with van der Waals surface area (Å²) in [6.07, 6.45) is 1.55. The molecule has 4 aromatic rings. The Hall–Kier alpha value is -3.32. The summed E-state index contributed by atoms with van der Waals surface area (Å²) < 4.78 is 2.84. The number of nitrogens with one attached hydrogen (secondary N) is 2. The van der Waals surface area contributed by atoms with Gasteiger partial charge in [0.1, 0.15) is 0 Å². The van der Waals surface area contributed by atoms with Gasteiger partial charge in [-0.15, -0.1) is 0 Å². The number of aromatic nitrogens is 4. The summed E-state index contributed by atoms with van der Waals surface area (Å²) in [5, 5.41) is 3.80. The summed E-state index contributed by atoms with van der Waals surface area (Å²) in [6, 6.07) is 11.4. The van der Waals surface area contributed by atoms with Crippen LogP contribution in [0.4, 0.5) is 0 Å². The van der Waals surface area contributed by atoms with E-state index in [0.717, 1.165) is 5.56 Å². The summed E-state index contributed by atoms with van der Waals surface area (Å²) in [7, 11) is 0. The molecule has 4 rings (SSSR count). The van der Waals surface area contributed by atoms with Crippen LogP contribution in [0, 0.1) is 6.92 Å². The van der Waals surface area contributed by atoms with Crippen LogP contribution in [0.5, 0.6) is 0 Å². The van der Waals surface area contributed by atoms with Crippen LogP contribution < -0.4 is 16.7 Å². The number of aromatic amines is 2. The number of benzene rings is 1. The van der Waals surface area contributed by atoms with Crippen molar-refractivity contribution in [1.82, 2.24) is 19.3 Å². The number of rotatable bonds is 3. The molecule has 0 saturated heterocycles. The van der Waals surface area contributed by atoms with Gasteiger partial charge in [-0.3, -0.25) is 19.5 Å². The predicted octanol–water partition coefficient (Wildman–Crippen LogP) is 2.18. The molecule has 0 bridgehead atoms. The van der Waals surface area contributed by atoms with Gasteiger partial charge in [-0.1, -0.05) is 29.8 Å². The van der Waals surface area contributed by atoms with Crippen molar-refractivity contribution in [2.24, 2.45) is 0 Å². The molecule has 8 heteroatoms. The van der Waals surface area contributed by atoms with Crippen molar-refractivity contribution < 1.29 is 0 Å². The van der Waals surface area contributed by atoms with E-state index in [1.165, 1.54) is 21.4 Å². The molecule has 3 heterocycles. The molecule has 0 aliphatic heterocycles. The maximum atomic E-state index is 13.0. The van der Waals surface area contributed by atoms with Gasteiger partial charge in [0.15, 0.2) is 0 Å². The molecular weight excluding hydrogens is 368 g/mol. The lowest BCUT2D eigenvalue weighted by molar-refractivity contribution is 0.734. The van der Waals surface area contributed by atoms with Gasteiger partial charge in [0.25, 0.3) is 11.1 Å². The minimum Gasteiger partial charge on any atom is -0.329 e. The number of halogens is 1. The number of para-hydroxylation sites is 1. The van der Waals surface area contributed by atoms with Crippen molar-refractivity contribution in [3.63, 3.8) is 0 Å². The Morgan fingerprint density at radius 3 is 2.56 bits per heavy atom. The van der Waals surface area contributed by atoms with E-state index in [1.807, 2.05) is 0 Å². The van der Waals surface area contributed by atoms with Gasteiger partial charge >= 0.3 is 0 Å². The van der Waals surface area contributed by atoms with E-state index in [1.54, 1.807) is 43.5 Å². The third-order valence-electron chi connectivity index (χ3n) is 4.50. The van der Waals surface area contributed by atoms with Crippen LogP contribution >= 0.6 is 11.6 Å². The first kappa shape index (κ1) is 17.1. The fourth-order valence-corrected chi connectivity index (χ4v) is 3.35. The molecule has 1 aromatic carbocycles. The number of H-pyrrole nitrogens is 2. The average molecular weight is 383 g/mol. The Morgan fingerprint density at radius 2 is 1.85 bits per heavy atom. The number of hydrogen-bond acceptors (Lipinski definition) is 3. The molecule has 0 fully saturated rings. The maximum Gasteiger partial charge on any atom is 0.280 e. The Bertz CT molecular complexity index is 1320. The van der Waals surface area contributed by atoms with Crippen molar-refractivity contribution in [1.29, 1.82) is 0 Å². The minimum absolute atomic E-state index is 0.216. The lowest BCUT2D eigenvalue weighted by Crippen LogP contribution is -2.24. The second-order valence-electron chi connectivity index (χ2n) is 6.21. The highest BCUT2D eigenvalue weighted by molar-refractivity contribution is 6.32. The summed E-state index contributed by atoms with van der Waals surface area (Å²) >= 11 is 6.21. The van der Waals surface area contributed by atoms with Crippen LogP contribution in [0.1, 0.15) is 11.3 Å². The standard InChI is InChI=1S/C19H15ClN4O3/c1-11-18-14(22-24(19(18)27)15-5-3-2-4-13(15)20)8-17(26)23(11)10-12-6-7-16(25)21-9-12/h2-9,22H,10H2,1H3,(H,21,25). The minimum atomic E-state index is -0.286. The normalized spacial score (nSPS) is 11.2. The van der Waals surface area contributed by atoms with Crippen LogP contribution in [-0.2, 0) is 6.54 Å². The topological polar surface area (TPSA) is 92.7 Å². The monoisotopic (exact) mass is 382 g/mol. The molecule has 0 saturated carbocycles. The lowest BCUT2D eigenvalue weighted by Gasteiger charge is -2.09. The number of hydrogen-bond donors (Lipinski definition) is 2. The van der Waals surface area contributed by atoms with Crippen LogP contribution in [0.25, 0.3) is 16.6 Å². The average Bonchev–Trinajstić information content (AvgIpc) is 2.97. The number of aryl methyl sites for hydroxylation is 1. The molecule has 27 heavy (non-hydrogen) atoms. The third kappa shape index (κ3) is 2.92. The molecule has 0 spiro atoms. The molecule has 0 radical (unpaired) electrons. The van der Waals surface area contributed by atoms with E-state index in [2.05, 4.69) is 10.1 Å². The Labute approximate surface area is 157 Å². The van der Waals surface area contributed by atoms with Gasteiger partial charge in [0.2, 0.25) is 5.56 Å². The van der Waals surface area contributed by atoms with E-state index in [4.69, 9.17) is 11.6 Å². The zero-order valence-corrected chi connectivity index (χ0v) is 15.1. The molecule has 0 atom stereocenters. The molecule has 0 amide bonds. The van der Waals surface area contributed by atoms with Crippen molar-refractivity contribution in [3.05, 3.63) is 96.0 Å². The summed E-state index contributed by atoms with van der Waals surface area (Å²) in [5.74, 6) is 0. The fraction of sp³-hybridized carbons (Fsp3) is 0.105. The number of nitrogens with zero attached hydrogens (tertiary/aromatic N) is 2. The highest BCUT2D eigenvalue weighted by Crippen LogP contribution is 2.20. The van der Waals surface area contributed by atoms with Crippen LogP contribution in [0.15, 0.2) is 63.0 Å². The Morgan fingerprint density at radius 1 is 1.07 bits per heavy atom. The van der Waals surface area contributed by atoms with Gasteiger partial charge < -0.3 is 9.55 Å². The summed E-state index contributed by atoms with van der Waals surface area (Å²) in [5.41, 5.74) is 1.49. The molecule has 0 aliphatic rings. The van der Waals surface area contributed by atoms with Crippen molar-refractivity contribution in [2.45, 2.75) is 13.5 Å². The third-order valence-corrected chi connectivity index (χ3v) is 4.82. The lowest BCUT2D eigenvalue weighted by atomic mass is 10.2. The number of pyridine rings is 2. The van der Waals surface area contributed by atoms with Crippen molar-refractivity contribution in [3.8, 4) is 5.69 Å². The smallest absolute Gasteiger partial charge is 0.280 e. The van der Waals surface area contributed by atoms with E-state index in [-0.39, 0.29) is 23.2 Å². The summed E-state index contributed by atoms with van der Waals surface area (Å²) in [6.45, 7) is 1.97. The van der Waals surface area contributed by atoms with Gasteiger partial charge in [-0.2, -0.15) is 0 Å². The highest BCUT2D eigenvalue weighted by Gasteiger charge is 2.16. The zero-order valence-electron chi connectivity index (χ0n) is 14.3. The van der Waals surface area contributed by atoms with Gasteiger partial charge in [-0.25, -0.2) is 4.68 Å². The first-order chi connectivity index (χ1) is 13.0. The summed E-state index contributed by atoms with van der Waals surface area (Å²) in [4.78, 5) is 39.3. The first-order valence-electron chi connectivity index (χ1n) is 8.23. The van der Waals surface area contributed by atoms with Crippen molar-refractivity contribution in [2.75, 3.05) is 0 Å². The maximum absolute atomic E-state index is 13.0. The fourth-order valence-electron chi connectivity index (χ4n) is 3.13. The van der Waals surface area contributed by atoms with Crippen LogP contribution in [0.3, 0.4) is 0 Å². The second-order valence-corrected chi connectivity index (χ2v) is 6.61. The number of fused-ring (bicyclic) bond motifs is 1. The highest BCUT2D eigenvalue weighted by atomic mass is 35.5. The van der Waals surface area contributed by atoms with Gasteiger partial charge in [0.05, 0.1) is 28.2 Å². The molecular formula is C19H15ClN4O3. The van der Waals surface area contributed by atoms with Crippen molar-refractivity contribution >= 4 is 22.5 Å². The van der Waals surface area contributed by atoms with Crippen LogP contribution in [0.2, 0.25) is 5.02 Å².